The first-order chi connectivity index (χ1) is 9.66. The second kappa shape index (κ2) is 5.88. The summed E-state index contributed by atoms with van der Waals surface area (Å²) in [6, 6.07) is 20.6. The molecular weight excluding hydrogens is 399 g/mol. The summed E-state index contributed by atoms with van der Waals surface area (Å²) < 4.78 is 2.15. The largest absolute Gasteiger partial charge is 0.113 e. The van der Waals surface area contributed by atoms with Crippen LogP contribution in [0.3, 0.4) is 0 Å². The summed E-state index contributed by atoms with van der Waals surface area (Å²) in [4.78, 5) is 0. The van der Waals surface area contributed by atoms with Gasteiger partial charge in [-0.2, -0.15) is 0 Å². The molecule has 1 atom stereocenters. The average Bonchev–Trinajstić information content (AvgIpc) is 2.48. The van der Waals surface area contributed by atoms with Crippen LogP contribution in [0.25, 0.3) is 10.8 Å². The van der Waals surface area contributed by atoms with E-state index in [1.165, 1.54) is 10.8 Å². The fourth-order valence-electron chi connectivity index (χ4n) is 2.32. The summed E-state index contributed by atoms with van der Waals surface area (Å²) in [6.07, 6.45) is 0. The Balaban J connectivity index is 2.14. The molecule has 0 bridgehead atoms. The Morgan fingerprint density at radius 2 is 1.40 bits per heavy atom. The molecule has 0 heterocycles. The van der Waals surface area contributed by atoms with Gasteiger partial charge in [0.15, 0.2) is 0 Å². The van der Waals surface area contributed by atoms with Gasteiger partial charge in [-0.15, -0.1) is 11.6 Å². The molecular formula is C17H11Br2Cl. The highest BCUT2D eigenvalue weighted by molar-refractivity contribution is 9.11. The maximum atomic E-state index is 6.68. The van der Waals surface area contributed by atoms with Crippen molar-refractivity contribution in [3.8, 4) is 0 Å². The Morgan fingerprint density at radius 1 is 0.750 bits per heavy atom. The Labute approximate surface area is 140 Å². The molecule has 0 fully saturated rings. The van der Waals surface area contributed by atoms with Crippen LogP contribution < -0.4 is 0 Å². The second-order valence-electron chi connectivity index (χ2n) is 4.60. The van der Waals surface area contributed by atoms with Gasteiger partial charge in [-0.25, -0.2) is 0 Å². The van der Waals surface area contributed by atoms with Crippen LogP contribution in [0.2, 0.25) is 0 Å². The normalized spacial score (nSPS) is 12.6. The Hall–Kier alpha value is -0.830. The lowest BCUT2D eigenvalue weighted by Crippen LogP contribution is -1.94. The topological polar surface area (TPSA) is 0 Å². The van der Waals surface area contributed by atoms with Gasteiger partial charge in [-0.1, -0.05) is 74.3 Å². The molecule has 3 aromatic carbocycles. The number of fused-ring (bicyclic) bond motifs is 1. The third-order valence-corrected chi connectivity index (χ3v) is 5.05. The summed E-state index contributed by atoms with van der Waals surface area (Å²) in [7, 11) is 0. The van der Waals surface area contributed by atoms with Gasteiger partial charge >= 0.3 is 0 Å². The lowest BCUT2D eigenvalue weighted by molar-refractivity contribution is 1.16. The van der Waals surface area contributed by atoms with Crippen LogP contribution in [-0.4, -0.2) is 0 Å². The zero-order chi connectivity index (χ0) is 14.1. The zero-order valence-corrected chi connectivity index (χ0v) is 14.4. The molecule has 0 radical (unpaired) electrons. The number of hydrogen-bond acceptors (Lipinski definition) is 0. The number of alkyl halides is 1. The van der Waals surface area contributed by atoms with E-state index in [1.807, 2.05) is 24.3 Å². The van der Waals surface area contributed by atoms with Crippen molar-refractivity contribution in [3.05, 3.63) is 80.7 Å². The van der Waals surface area contributed by atoms with Crippen molar-refractivity contribution in [2.45, 2.75) is 5.38 Å². The number of hydrogen-bond donors (Lipinski definition) is 0. The van der Waals surface area contributed by atoms with Crippen molar-refractivity contribution in [1.29, 1.82) is 0 Å². The standard InChI is InChI=1S/C17H11Br2Cl/c18-12-7-5-11(6-8-12)17(20)15-9-10-16(19)14-4-2-1-3-13(14)15/h1-10,17H. The monoisotopic (exact) mass is 408 g/mol. The van der Waals surface area contributed by atoms with Crippen molar-refractivity contribution in [2.75, 3.05) is 0 Å². The first kappa shape index (κ1) is 14.1. The van der Waals surface area contributed by atoms with Crippen molar-refractivity contribution >= 4 is 54.2 Å². The van der Waals surface area contributed by atoms with Crippen LogP contribution in [0.5, 0.6) is 0 Å². The molecule has 0 aromatic heterocycles. The molecule has 3 aromatic rings. The molecule has 0 aliphatic carbocycles. The van der Waals surface area contributed by atoms with E-state index in [1.54, 1.807) is 0 Å². The molecule has 1 unspecified atom stereocenters. The van der Waals surface area contributed by atoms with Gasteiger partial charge in [-0.05, 0) is 40.1 Å². The minimum Gasteiger partial charge on any atom is -0.113 e. The molecule has 20 heavy (non-hydrogen) atoms. The minimum atomic E-state index is -0.152. The fourth-order valence-corrected chi connectivity index (χ4v) is 3.40. The van der Waals surface area contributed by atoms with Crippen molar-refractivity contribution in [1.82, 2.24) is 0 Å². The van der Waals surface area contributed by atoms with Gasteiger partial charge < -0.3 is 0 Å². The SMILES string of the molecule is ClC(c1ccc(Br)cc1)c1ccc(Br)c2ccccc12. The van der Waals surface area contributed by atoms with Gasteiger partial charge in [0.05, 0.1) is 5.38 Å². The summed E-state index contributed by atoms with van der Waals surface area (Å²) in [5.74, 6) is 0. The maximum absolute atomic E-state index is 6.68. The van der Waals surface area contributed by atoms with E-state index in [4.69, 9.17) is 11.6 Å². The molecule has 0 amide bonds. The van der Waals surface area contributed by atoms with E-state index in [9.17, 15) is 0 Å². The highest BCUT2D eigenvalue weighted by Crippen LogP contribution is 2.36. The summed E-state index contributed by atoms with van der Waals surface area (Å²) in [5.41, 5.74) is 2.23. The number of benzene rings is 3. The molecule has 0 nitrogen and oxygen atoms in total. The smallest absolute Gasteiger partial charge is 0.0841 e. The van der Waals surface area contributed by atoms with Crippen molar-refractivity contribution in [3.63, 3.8) is 0 Å². The average molecular weight is 411 g/mol. The predicted octanol–water partition coefficient (Wildman–Crippen LogP) is 6.69. The van der Waals surface area contributed by atoms with E-state index in [0.29, 0.717) is 0 Å². The highest BCUT2D eigenvalue weighted by atomic mass is 79.9. The van der Waals surface area contributed by atoms with Crippen LogP contribution in [-0.2, 0) is 0 Å². The van der Waals surface area contributed by atoms with Gasteiger partial charge in [0.2, 0.25) is 0 Å². The van der Waals surface area contributed by atoms with Crippen LogP contribution in [0.4, 0.5) is 0 Å². The molecule has 0 aliphatic rings. The molecule has 0 spiro atoms. The zero-order valence-electron chi connectivity index (χ0n) is 10.5. The van der Waals surface area contributed by atoms with Gasteiger partial charge in [0, 0.05) is 8.95 Å². The quantitative estimate of drug-likeness (QED) is 0.413. The van der Waals surface area contributed by atoms with Crippen molar-refractivity contribution in [2.24, 2.45) is 0 Å². The molecule has 100 valence electrons. The van der Waals surface area contributed by atoms with Crippen LogP contribution >= 0.6 is 43.5 Å². The minimum absolute atomic E-state index is 0.152. The Morgan fingerprint density at radius 3 is 2.10 bits per heavy atom. The molecule has 0 N–H and O–H groups in total. The molecule has 0 aliphatic heterocycles. The third-order valence-electron chi connectivity index (χ3n) is 3.34. The van der Waals surface area contributed by atoms with E-state index in [-0.39, 0.29) is 5.38 Å². The summed E-state index contributed by atoms with van der Waals surface area (Å²) in [5, 5.41) is 2.22. The van der Waals surface area contributed by atoms with Gasteiger partial charge in [-0.3, -0.25) is 0 Å². The lowest BCUT2D eigenvalue weighted by atomic mass is 9.98. The second-order valence-corrected chi connectivity index (χ2v) is 6.80. The van der Waals surface area contributed by atoms with Crippen LogP contribution in [0.1, 0.15) is 16.5 Å². The van der Waals surface area contributed by atoms with E-state index < -0.39 is 0 Å². The Kier molecular flexibility index (Phi) is 4.16. The lowest BCUT2D eigenvalue weighted by Gasteiger charge is -2.14. The maximum Gasteiger partial charge on any atom is 0.0841 e. The van der Waals surface area contributed by atoms with Gasteiger partial charge in [0.25, 0.3) is 0 Å². The Bertz CT molecular complexity index is 751. The van der Waals surface area contributed by atoms with Crippen molar-refractivity contribution < 1.29 is 0 Å². The molecule has 0 saturated carbocycles. The third kappa shape index (κ3) is 2.65. The number of rotatable bonds is 2. The molecule has 3 heteroatoms. The van der Waals surface area contributed by atoms with Crippen LogP contribution in [0, 0.1) is 0 Å². The highest BCUT2D eigenvalue weighted by Gasteiger charge is 2.14. The van der Waals surface area contributed by atoms with Gasteiger partial charge in [0.1, 0.15) is 0 Å². The van der Waals surface area contributed by atoms with E-state index in [0.717, 1.165) is 20.1 Å². The first-order valence-electron chi connectivity index (χ1n) is 6.23. The number of halogens is 3. The summed E-state index contributed by atoms with van der Waals surface area (Å²) in [6.45, 7) is 0. The first-order valence-corrected chi connectivity index (χ1v) is 8.26. The van der Waals surface area contributed by atoms with E-state index in [2.05, 4.69) is 68.3 Å². The molecule has 0 saturated heterocycles. The fraction of sp³-hybridized carbons (Fsp3) is 0.0588. The predicted molar refractivity (Wildman–Crippen MR) is 93.5 cm³/mol. The van der Waals surface area contributed by atoms with Crippen LogP contribution in [0.15, 0.2) is 69.6 Å². The van der Waals surface area contributed by atoms with E-state index >= 15 is 0 Å². The molecule has 3 rings (SSSR count). The summed E-state index contributed by atoms with van der Waals surface area (Å²) >= 11 is 13.7.